The van der Waals surface area contributed by atoms with Crippen LogP contribution in [0.4, 0.5) is 0 Å². The standard InChI is InChI=1S/C10H16N2O3S/c1-2-7(13)5-9-11-10(12-15-9)8-6-16-4-3-14-8/h7-8,13H,2-6H2,1H3. The normalized spacial score (nSPS) is 23.2. The lowest BCUT2D eigenvalue weighted by Gasteiger charge is -2.18. The van der Waals surface area contributed by atoms with Crippen molar-refractivity contribution in [2.45, 2.75) is 32.0 Å². The van der Waals surface area contributed by atoms with Crippen LogP contribution in [-0.2, 0) is 11.2 Å². The number of aliphatic hydroxyl groups excluding tert-OH is 1. The van der Waals surface area contributed by atoms with Crippen molar-refractivity contribution in [2.24, 2.45) is 0 Å². The molecule has 0 amide bonds. The third-order valence-electron chi connectivity index (χ3n) is 2.47. The summed E-state index contributed by atoms with van der Waals surface area (Å²) in [5.41, 5.74) is 0. The maximum absolute atomic E-state index is 9.47. The molecule has 2 unspecified atom stereocenters. The number of aromatic nitrogens is 2. The molecule has 0 aromatic carbocycles. The van der Waals surface area contributed by atoms with Crippen LogP contribution in [0.1, 0.15) is 31.2 Å². The van der Waals surface area contributed by atoms with E-state index in [1.807, 2.05) is 18.7 Å². The van der Waals surface area contributed by atoms with Gasteiger partial charge in [0, 0.05) is 11.5 Å². The highest BCUT2D eigenvalue weighted by Crippen LogP contribution is 2.24. The Morgan fingerprint density at radius 1 is 1.62 bits per heavy atom. The second-order valence-corrected chi connectivity index (χ2v) is 4.90. The third-order valence-corrected chi connectivity index (χ3v) is 3.46. The zero-order chi connectivity index (χ0) is 11.4. The minimum atomic E-state index is -0.407. The molecule has 0 saturated carbocycles. The van der Waals surface area contributed by atoms with Crippen LogP contribution in [0.5, 0.6) is 0 Å². The van der Waals surface area contributed by atoms with Crippen LogP contribution in [0, 0.1) is 0 Å². The van der Waals surface area contributed by atoms with Gasteiger partial charge in [-0.1, -0.05) is 12.1 Å². The van der Waals surface area contributed by atoms with E-state index in [1.165, 1.54) is 0 Å². The number of hydrogen-bond donors (Lipinski definition) is 1. The molecular weight excluding hydrogens is 228 g/mol. The van der Waals surface area contributed by atoms with Crippen LogP contribution in [0.15, 0.2) is 4.52 Å². The van der Waals surface area contributed by atoms with Crippen molar-refractivity contribution in [3.63, 3.8) is 0 Å². The second kappa shape index (κ2) is 5.65. The molecule has 2 rings (SSSR count). The monoisotopic (exact) mass is 244 g/mol. The summed E-state index contributed by atoms with van der Waals surface area (Å²) in [4.78, 5) is 4.25. The first-order valence-corrected chi connectivity index (χ1v) is 6.65. The molecule has 6 heteroatoms. The smallest absolute Gasteiger partial charge is 0.229 e. The Bertz CT molecular complexity index is 326. The van der Waals surface area contributed by atoms with Crippen molar-refractivity contribution in [2.75, 3.05) is 18.1 Å². The van der Waals surface area contributed by atoms with Crippen LogP contribution in [0.25, 0.3) is 0 Å². The molecule has 0 bridgehead atoms. The minimum absolute atomic E-state index is 0.0602. The van der Waals surface area contributed by atoms with Gasteiger partial charge in [-0.3, -0.25) is 0 Å². The van der Waals surface area contributed by atoms with E-state index in [2.05, 4.69) is 10.1 Å². The van der Waals surface area contributed by atoms with Crippen LogP contribution in [0.3, 0.4) is 0 Å². The van der Waals surface area contributed by atoms with Gasteiger partial charge in [0.2, 0.25) is 11.7 Å². The van der Waals surface area contributed by atoms with Gasteiger partial charge < -0.3 is 14.4 Å². The zero-order valence-electron chi connectivity index (χ0n) is 9.26. The SMILES string of the molecule is CCC(O)Cc1nc(C2CSCCO2)no1. The first kappa shape index (κ1) is 11.9. The topological polar surface area (TPSA) is 68.4 Å². The third kappa shape index (κ3) is 2.96. The summed E-state index contributed by atoms with van der Waals surface area (Å²) in [6.45, 7) is 2.65. The number of hydrogen-bond acceptors (Lipinski definition) is 6. The number of ether oxygens (including phenoxy) is 1. The Balaban J connectivity index is 1.95. The fourth-order valence-electron chi connectivity index (χ4n) is 1.46. The van der Waals surface area contributed by atoms with Gasteiger partial charge in [0.1, 0.15) is 6.10 Å². The van der Waals surface area contributed by atoms with Gasteiger partial charge in [0.25, 0.3) is 0 Å². The summed E-state index contributed by atoms with van der Waals surface area (Å²) in [6.07, 6.45) is 0.640. The number of rotatable bonds is 4. The van der Waals surface area contributed by atoms with Crippen molar-refractivity contribution in [1.82, 2.24) is 10.1 Å². The van der Waals surface area contributed by atoms with Gasteiger partial charge in [-0.25, -0.2) is 0 Å². The summed E-state index contributed by atoms with van der Waals surface area (Å²) in [5.74, 6) is 2.99. The van der Waals surface area contributed by atoms with Gasteiger partial charge in [-0.15, -0.1) is 0 Å². The quantitative estimate of drug-likeness (QED) is 0.858. The van der Waals surface area contributed by atoms with E-state index in [1.54, 1.807) is 0 Å². The predicted octanol–water partition coefficient (Wildman–Crippen LogP) is 1.19. The molecule has 2 atom stereocenters. The highest BCUT2D eigenvalue weighted by Gasteiger charge is 2.22. The van der Waals surface area contributed by atoms with Crippen molar-refractivity contribution in [3.05, 3.63) is 11.7 Å². The average molecular weight is 244 g/mol. The zero-order valence-corrected chi connectivity index (χ0v) is 10.1. The van der Waals surface area contributed by atoms with Crippen LogP contribution < -0.4 is 0 Å². The Morgan fingerprint density at radius 3 is 3.19 bits per heavy atom. The first-order valence-electron chi connectivity index (χ1n) is 5.49. The molecule has 1 saturated heterocycles. The summed E-state index contributed by atoms with van der Waals surface area (Å²) in [6, 6.07) is 0. The average Bonchev–Trinajstić information content (AvgIpc) is 2.78. The van der Waals surface area contributed by atoms with E-state index in [9.17, 15) is 5.11 Å². The summed E-state index contributed by atoms with van der Waals surface area (Å²) in [5, 5.41) is 13.4. The van der Waals surface area contributed by atoms with Crippen molar-refractivity contribution in [1.29, 1.82) is 0 Å². The highest BCUT2D eigenvalue weighted by atomic mass is 32.2. The van der Waals surface area contributed by atoms with E-state index < -0.39 is 6.10 Å². The molecule has 5 nitrogen and oxygen atoms in total. The number of nitrogens with zero attached hydrogens (tertiary/aromatic N) is 2. The maximum Gasteiger partial charge on any atom is 0.229 e. The molecule has 0 radical (unpaired) electrons. The Hall–Kier alpha value is -0.590. The molecule has 1 aromatic rings. The van der Waals surface area contributed by atoms with Crippen LogP contribution in [-0.4, -0.2) is 39.5 Å². The highest BCUT2D eigenvalue weighted by molar-refractivity contribution is 7.99. The maximum atomic E-state index is 9.47. The molecule has 16 heavy (non-hydrogen) atoms. The summed E-state index contributed by atoms with van der Waals surface area (Å²) >= 11 is 1.83. The summed E-state index contributed by atoms with van der Waals surface area (Å²) in [7, 11) is 0. The molecule has 1 aromatic heterocycles. The molecule has 1 N–H and O–H groups in total. The lowest BCUT2D eigenvalue weighted by Crippen LogP contribution is -2.17. The van der Waals surface area contributed by atoms with E-state index in [4.69, 9.17) is 9.26 Å². The van der Waals surface area contributed by atoms with Crippen LogP contribution in [0.2, 0.25) is 0 Å². The molecule has 90 valence electrons. The van der Waals surface area contributed by atoms with E-state index in [0.717, 1.165) is 18.1 Å². The van der Waals surface area contributed by atoms with E-state index >= 15 is 0 Å². The summed E-state index contributed by atoms with van der Waals surface area (Å²) < 4.78 is 10.6. The molecular formula is C10H16N2O3S. The second-order valence-electron chi connectivity index (χ2n) is 3.75. The van der Waals surface area contributed by atoms with Gasteiger partial charge in [0.15, 0.2) is 0 Å². The lowest BCUT2D eigenvalue weighted by atomic mass is 10.2. The van der Waals surface area contributed by atoms with Crippen molar-refractivity contribution in [3.8, 4) is 0 Å². The molecule has 1 fully saturated rings. The van der Waals surface area contributed by atoms with Gasteiger partial charge in [-0.05, 0) is 6.42 Å². The van der Waals surface area contributed by atoms with Gasteiger partial charge in [0.05, 0.1) is 19.1 Å². The molecule has 1 aliphatic heterocycles. The molecule has 1 aliphatic rings. The predicted molar refractivity (Wildman–Crippen MR) is 60.3 cm³/mol. The Kier molecular flexibility index (Phi) is 4.20. The Labute approximate surface area is 98.6 Å². The minimum Gasteiger partial charge on any atom is -0.393 e. The molecule has 2 heterocycles. The fourth-order valence-corrected chi connectivity index (χ4v) is 2.30. The van der Waals surface area contributed by atoms with Gasteiger partial charge in [-0.2, -0.15) is 16.7 Å². The fraction of sp³-hybridized carbons (Fsp3) is 0.800. The van der Waals surface area contributed by atoms with Gasteiger partial charge >= 0.3 is 0 Å². The first-order chi connectivity index (χ1) is 7.79. The number of aliphatic hydroxyl groups is 1. The largest absolute Gasteiger partial charge is 0.393 e. The Morgan fingerprint density at radius 2 is 2.50 bits per heavy atom. The number of thioether (sulfide) groups is 1. The van der Waals surface area contributed by atoms with E-state index in [0.29, 0.717) is 24.6 Å². The van der Waals surface area contributed by atoms with E-state index in [-0.39, 0.29) is 6.10 Å². The van der Waals surface area contributed by atoms with Crippen molar-refractivity contribution >= 4 is 11.8 Å². The molecule has 0 aliphatic carbocycles. The lowest BCUT2D eigenvalue weighted by molar-refractivity contribution is 0.0677. The van der Waals surface area contributed by atoms with Crippen molar-refractivity contribution < 1.29 is 14.4 Å². The van der Waals surface area contributed by atoms with Crippen LogP contribution >= 0.6 is 11.8 Å². The molecule has 0 spiro atoms.